The molecule has 0 spiro atoms. The molecular formula is H5N4+. The van der Waals surface area contributed by atoms with Crippen molar-refractivity contribution in [2.45, 2.75) is 0 Å². The third-order valence-electron chi connectivity index (χ3n) is 0.0745. The summed E-state index contributed by atoms with van der Waals surface area (Å²) in [6, 6.07) is 0. The lowest BCUT2D eigenvalue weighted by atomic mass is 12.6. The number of hydrogen-bond acceptors (Lipinski definition) is 1. The van der Waals surface area contributed by atoms with E-state index < -0.39 is 0 Å². The quantitative estimate of drug-likeness (QED) is 0.161. The first-order valence-electron chi connectivity index (χ1n) is 0.770. The summed E-state index contributed by atoms with van der Waals surface area (Å²) in [6.45, 7) is 0. The Balaban J connectivity index is 2.55. The third kappa shape index (κ3) is 1.20. The van der Waals surface area contributed by atoms with Crippen molar-refractivity contribution in [2.24, 2.45) is 16.9 Å². The first kappa shape index (κ1) is 3.20. The van der Waals surface area contributed by atoms with E-state index in [9.17, 15) is 0 Å². The Labute approximate surface area is 23.4 Å². The molecule has 0 aromatic heterocycles. The summed E-state index contributed by atoms with van der Waals surface area (Å²) in [5.41, 5.74) is 0. The lowest BCUT2D eigenvalue weighted by Gasteiger charge is -1.50. The van der Waals surface area contributed by atoms with Crippen LogP contribution in [0.15, 0.2) is 5.22 Å². The van der Waals surface area contributed by atoms with Crippen LogP contribution in [-0.4, -0.2) is 0 Å². The number of rotatable bonds is 0. The maximum Gasteiger partial charge on any atom is 0.0973 e. The number of hydrazine groups is 1. The van der Waals surface area contributed by atoms with Gasteiger partial charge >= 0.3 is 0 Å². The van der Waals surface area contributed by atoms with Crippen LogP contribution in [0.3, 0.4) is 0 Å². The zero-order chi connectivity index (χ0) is 3.41. The molecule has 0 aliphatic rings. The smallest absolute Gasteiger partial charge is 0.0973 e. The Bertz CT molecular complexity index is 15.2. The highest BCUT2D eigenvalue weighted by atomic mass is 15.4. The van der Waals surface area contributed by atoms with Crippen molar-refractivity contribution >= 4 is 0 Å². The van der Waals surface area contributed by atoms with Gasteiger partial charge in [-0.25, -0.2) is 0 Å². The average Bonchev–Trinajstić information content (AvgIpc) is 1.37. The molecule has 0 aliphatic heterocycles. The van der Waals surface area contributed by atoms with Gasteiger partial charge in [0.2, 0.25) is 0 Å². The summed E-state index contributed by atoms with van der Waals surface area (Å²) in [4.78, 5) is 0. The summed E-state index contributed by atoms with van der Waals surface area (Å²) in [5.74, 6) is 8.90. The zero-order valence-electron chi connectivity index (χ0n) is 2.10. The maximum atomic E-state index is 4.49. The summed E-state index contributed by atoms with van der Waals surface area (Å²) < 4.78 is 0. The minimum absolute atomic E-state index is 1.83. The minimum atomic E-state index is 1.83. The molecule has 0 fully saturated rings. The van der Waals surface area contributed by atoms with Crippen LogP contribution in [0, 0.1) is 0 Å². The van der Waals surface area contributed by atoms with Gasteiger partial charge in [0.25, 0.3) is 0 Å². The molecule has 0 saturated carbocycles. The van der Waals surface area contributed by atoms with Crippen LogP contribution >= 0.6 is 0 Å². The van der Waals surface area contributed by atoms with Gasteiger partial charge in [0.1, 0.15) is 0 Å². The van der Waals surface area contributed by atoms with Crippen LogP contribution in [0.4, 0.5) is 0 Å². The molecule has 0 radical (unpaired) electrons. The molecule has 0 aromatic carbocycles. The number of nitrogens with one attached hydrogen (secondary N) is 1. The molecule has 0 aliphatic carbocycles. The lowest BCUT2D eigenvalue weighted by molar-refractivity contribution is -0.547. The van der Waals surface area contributed by atoms with Crippen LogP contribution in [0.1, 0.15) is 0 Å². The second-order valence-corrected chi connectivity index (χ2v) is 0.258. The number of nitrogens with two attached hydrogens (primary N) is 2. The van der Waals surface area contributed by atoms with E-state index in [0.717, 1.165) is 0 Å². The normalized spacial score (nSPS) is 9.00. The van der Waals surface area contributed by atoms with E-state index in [1.807, 2.05) is 5.22 Å². The first-order valence-corrected chi connectivity index (χ1v) is 0.770. The van der Waals surface area contributed by atoms with Crippen molar-refractivity contribution in [1.29, 1.82) is 0 Å². The Hall–Kier alpha value is -0.800. The highest BCUT2D eigenvalue weighted by Gasteiger charge is 1.35. The van der Waals surface area contributed by atoms with Gasteiger partial charge in [0.15, 0.2) is 0 Å². The van der Waals surface area contributed by atoms with Crippen LogP contribution in [-0.2, 0) is 0 Å². The molecule has 4 heteroatoms. The fraction of sp³-hybridized carbons (Fsp3) is 0. The molecule has 0 aromatic rings. The molecule has 0 amide bonds. The molecule has 0 heterocycles. The summed E-state index contributed by atoms with van der Waals surface area (Å²) in [7, 11) is 0. The van der Waals surface area contributed by atoms with Gasteiger partial charge in [-0.05, 0) is 0 Å². The Kier molecular flexibility index (Phi) is 1.76. The van der Waals surface area contributed by atoms with Crippen molar-refractivity contribution in [3.05, 3.63) is 0 Å². The van der Waals surface area contributed by atoms with Gasteiger partial charge in [-0.3, -0.25) is 5.84 Å². The van der Waals surface area contributed by atoms with Crippen LogP contribution < -0.4 is 16.9 Å². The molecular weight excluding hydrogens is 56.0 g/mol. The number of nitrogens with zero attached hydrogens (tertiary/aromatic N) is 1. The lowest BCUT2D eigenvalue weighted by Crippen LogP contribution is -2.74. The topological polar surface area (TPSA) is 78.4 Å². The van der Waals surface area contributed by atoms with E-state index in [4.69, 9.17) is 0 Å². The fourth-order valence-electron chi connectivity index (χ4n) is 0. The van der Waals surface area contributed by atoms with Crippen molar-refractivity contribution in [3.8, 4) is 0 Å². The highest BCUT2D eigenvalue weighted by molar-refractivity contribution is 3.46. The largest absolute Gasteiger partial charge is 0.256 e. The summed E-state index contributed by atoms with van der Waals surface area (Å²) in [5, 5.41) is 4.60. The van der Waals surface area contributed by atoms with Crippen molar-refractivity contribution in [2.75, 3.05) is 0 Å². The monoisotopic (exact) mass is 61.1 g/mol. The maximum absolute atomic E-state index is 4.49. The zero-order valence-corrected chi connectivity index (χ0v) is 2.10. The van der Waals surface area contributed by atoms with E-state index in [1.165, 1.54) is 0 Å². The molecule has 0 atom stereocenters. The number of hydrogen-bond donors (Lipinski definition) is 3. The summed E-state index contributed by atoms with van der Waals surface area (Å²) >= 11 is 0. The first-order chi connectivity index (χ1) is 1.91. The van der Waals surface area contributed by atoms with Gasteiger partial charge in [-0.1, -0.05) is 5.22 Å². The van der Waals surface area contributed by atoms with E-state index >= 15 is 0 Å². The predicted molar refractivity (Wildman–Crippen MR) is 11.8 cm³/mol. The standard InChI is InChI=1S/H4N4/c1-3-4-2/h(H2,1,4)(H2,2,3)/p+1. The van der Waals surface area contributed by atoms with E-state index in [1.54, 1.807) is 0 Å². The van der Waals surface area contributed by atoms with Gasteiger partial charge in [0.05, 0.1) is 5.22 Å². The van der Waals surface area contributed by atoms with Gasteiger partial charge in [-0.15, -0.1) is 0 Å². The molecule has 5 N–H and O–H groups in total. The fourth-order valence-corrected chi connectivity index (χ4v) is 0. The molecule has 4 heavy (non-hydrogen) atoms. The molecule has 0 rings (SSSR count). The van der Waals surface area contributed by atoms with Crippen molar-refractivity contribution < 1.29 is 5.22 Å². The molecule has 0 saturated heterocycles. The Morgan fingerprint density at radius 1 is 1.75 bits per heavy atom. The van der Waals surface area contributed by atoms with Gasteiger partial charge < -0.3 is 0 Å². The highest BCUT2D eigenvalue weighted by Crippen LogP contribution is 0.915. The van der Waals surface area contributed by atoms with Crippen LogP contribution in [0.5, 0.6) is 0 Å². The van der Waals surface area contributed by atoms with Crippen molar-refractivity contribution in [1.82, 2.24) is 0 Å². The SMILES string of the molecule is N/N=[NH+]/N. The predicted octanol–water partition coefficient (Wildman–Crippen LogP) is -2.73. The third-order valence-corrected chi connectivity index (χ3v) is 0.0745. The van der Waals surface area contributed by atoms with Crippen LogP contribution in [0.25, 0.3) is 0 Å². The molecule has 24 valence electrons. The van der Waals surface area contributed by atoms with E-state index in [0.29, 0.717) is 0 Å². The summed E-state index contributed by atoms with van der Waals surface area (Å²) in [6.07, 6.45) is 0. The second-order valence-electron chi connectivity index (χ2n) is 0.258. The van der Waals surface area contributed by atoms with E-state index in [-0.39, 0.29) is 0 Å². The minimum Gasteiger partial charge on any atom is -0.256 e. The molecule has 0 bridgehead atoms. The van der Waals surface area contributed by atoms with E-state index in [2.05, 4.69) is 16.9 Å². The van der Waals surface area contributed by atoms with Gasteiger partial charge in [0, 0.05) is 0 Å². The van der Waals surface area contributed by atoms with Crippen molar-refractivity contribution in [3.63, 3.8) is 0 Å². The average molecular weight is 61.1 g/mol. The Morgan fingerprint density at radius 3 is 2.00 bits per heavy atom. The van der Waals surface area contributed by atoms with Gasteiger partial charge in [-0.2, -0.15) is 5.84 Å². The Morgan fingerprint density at radius 2 is 2.00 bits per heavy atom. The van der Waals surface area contributed by atoms with Crippen LogP contribution in [0.2, 0.25) is 0 Å². The molecule has 4 nitrogen and oxygen atoms in total. The second kappa shape index (κ2) is 2.20. The molecule has 0 unspecified atom stereocenters.